The lowest BCUT2D eigenvalue weighted by Gasteiger charge is -2.52. The zero-order valence-corrected chi connectivity index (χ0v) is 20.9. The Morgan fingerprint density at radius 1 is 1.03 bits per heavy atom. The van der Waals surface area contributed by atoms with Crippen molar-refractivity contribution >= 4 is 5.97 Å². The second-order valence-electron chi connectivity index (χ2n) is 10.4. The van der Waals surface area contributed by atoms with E-state index in [1.165, 1.54) is 25.3 Å². The topological polar surface area (TPSA) is 54.0 Å². The average molecular weight is 457 g/mol. The summed E-state index contributed by atoms with van der Waals surface area (Å²) in [7, 11) is 1.69. The van der Waals surface area contributed by atoms with Gasteiger partial charge in [0.05, 0.1) is 6.61 Å². The van der Waals surface area contributed by atoms with Gasteiger partial charge in [0, 0.05) is 19.4 Å². The molecular formula is C28H40O5. The number of hydrogen-bond acceptors (Lipinski definition) is 5. The minimum Gasteiger partial charge on any atom is -0.491 e. The fourth-order valence-electron chi connectivity index (χ4n) is 5.94. The number of allylic oxidation sites excluding steroid dienone is 3. The van der Waals surface area contributed by atoms with E-state index in [4.69, 9.17) is 18.9 Å². The van der Waals surface area contributed by atoms with E-state index in [-0.39, 0.29) is 23.4 Å². The highest BCUT2D eigenvalue weighted by Crippen LogP contribution is 2.55. The molecule has 1 aromatic rings. The highest BCUT2D eigenvalue weighted by Gasteiger charge is 2.47. The SMILES string of the molecule is COCCOc1ccc(C2(C3C=CC(OCCOC(C)=O)=CC3)CC(C)CC(C)(C)C2)cc1. The van der Waals surface area contributed by atoms with Crippen molar-refractivity contribution in [2.45, 2.75) is 58.8 Å². The van der Waals surface area contributed by atoms with E-state index < -0.39 is 0 Å². The number of carbonyl (C=O) groups excluding carboxylic acids is 1. The fourth-order valence-corrected chi connectivity index (χ4v) is 5.94. The van der Waals surface area contributed by atoms with Crippen LogP contribution in [-0.2, 0) is 24.4 Å². The molecule has 0 aliphatic heterocycles. The second-order valence-corrected chi connectivity index (χ2v) is 10.4. The number of methoxy groups -OCH3 is 1. The number of esters is 1. The van der Waals surface area contributed by atoms with E-state index in [0.29, 0.717) is 31.7 Å². The first-order valence-corrected chi connectivity index (χ1v) is 12.1. The summed E-state index contributed by atoms with van der Waals surface area (Å²) in [6.45, 7) is 10.4. The molecule has 3 rings (SSSR count). The summed E-state index contributed by atoms with van der Waals surface area (Å²) in [6.07, 6.45) is 11.1. The first kappa shape index (κ1) is 25.4. The Bertz CT molecular complexity index is 838. The summed E-state index contributed by atoms with van der Waals surface area (Å²) in [5, 5.41) is 0. The van der Waals surface area contributed by atoms with Crippen molar-refractivity contribution in [1.82, 2.24) is 0 Å². The molecule has 0 N–H and O–H groups in total. The van der Waals surface area contributed by atoms with Gasteiger partial charge in [0.2, 0.25) is 0 Å². The van der Waals surface area contributed by atoms with Gasteiger partial charge in [0.1, 0.15) is 31.3 Å². The van der Waals surface area contributed by atoms with Crippen molar-refractivity contribution < 1.29 is 23.7 Å². The monoisotopic (exact) mass is 456 g/mol. The third kappa shape index (κ3) is 6.86. The molecule has 1 saturated carbocycles. The number of ether oxygens (including phenoxy) is 4. The summed E-state index contributed by atoms with van der Waals surface area (Å²) in [5.41, 5.74) is 1.75. The normalized spacial score (nSPS) is 26.4. The first-order chi connectivity index (χ1) is 15.7. The molecule has 3 atom stereocenters. The maximum absolute atomic E-state index is 10.9. The molecule has 182 valence electrons. The molecule has 2 aliphatic carbocycles. The van der Waals surface area contributed by atoms with Gasteiger partial charge in [0.25, 0.3) is 0 Å². The number of rotatable bonds is 10. The summed E-state index contributed by atoms with van der Waals surface area (Å²) < 4.78 is 21.7. The van der Waals surface area contributed by atoms with Crippen molar-refractivity contribution in [3.63, 3.8) is 0 Å². The van der Waals surface area contributed by atoms with Crippen LogP contribution < -0.4 is 4.74 Å². The minimum absolute atomic E-state index is 0.0719. The van der Waals surface area contributed by atoms with Crippen LogP contribution in [0.5, 0.6) is 5.75 Å². The van der Waals surface area contributed by atoms with Gasteiger partial charge in [-0.3, -0.25) is 4.79 Å². The number of benzene rings is 1. The average Bonchev–Trinajstić information content (AvgIpc) is 2.76. The Morgan fingerprint density at radius 2 is 1.76 bits per heavy atom. The maximum atomic E-state index is 10.9. The molecule has 0 spiro atoms. The molecule has 0 saturated heterocycles. The lowest BCUT2D eigenvalue weighted by molar-refractivity contribution is -0.142. The Morgan fingerprint density at radius 3 is 2.36 bits per heavy atom. The van der Waals surface area contributed by atoms with E-state index in [0.717, 1.165) is 24.4 Å². The zero-order valence-electron chi connectivity index (χ0n) is 20.9. The van der Waals surface area contributed by atoms with Crippen LogP contribution in [0.2, 0.25) is 0 Å². The highest BCUT2D eigenvalue weighted by molar-refractivity contribution is 5.65. The largest absolute Gasteiger partial charge is 0.491 e. The summed E-state index contributed by atoms with van der Waals surface area (Å²) in [4.78, 5) is 10.9. The molecule has 0 radical (unpaired) electrons. The van der Waals surface area contributed by atoms with Gasteiger partial charge >= 0.3 is 5.97 Å². The van der Waals surface area contributed by atoms with Gasteiger partial charge in [-0.15, -0.1) is 0 Å². The van der Waals surface area contributed by atoms with Crippen LogP contribution in [0.3, 0.4) is 0 Å². The van der Waals surface area contributed by atoms with Crippen molar-refractivity contribution in [3.8, 4) is 5.75 Å². The van der Waals surface area contributed by atoms with Crippen molar-refractivity contribution in [2.24, 2.45) is 17.3 Å². The third-order valence-electron chi connectivity index (χ3n) is 6.83. The number of hydrogen-bond donors (Lipinski definition) is 0. The highest BCUT2D eigenvalue weighted by atomic mass is 16.6. The van der Waals surface area contributed by atoms with Crippen LogP contribution in [0, 0.1) is 17.3 Å². The van der Waals surface area contributed by atoms with E-state index >= 15 is 0 Å². The van der Waals surface area contributed by atoms with Crippen molar-refractivity contribution in [3.05, 3.63) is 53.8 Å². The summed E-state index contributed by atoms with van der Waals surface area (Å²) in [6, 6.07) is 8.73. The Labute approximate surface area is 199 Å². The first-order valence-electron chi connectivity index (χ1n) is 12.1. The predicted octanol–water partition coefficient (Wildman–Crippen LogP) is 5.84. The molecule has 0 heterocycles. The third-order valence-corrected chi connectivity index (χ3v) is 6.83. The molecule has 1 aromatic carbocycles. The quantitative estimate of drug-likeness (QED) is 0.327. The molecule has 0 bridgehead atoms. The minimum atomic E-state index is -0.280. The molecule has 5 nitrogen and oxygen atoms in total. The van der Waals surface area contributed by atoms with Gasteiger partial charge in [-0.25, -0.2) is 0 Å². The fraction of sp³-hybridized carbons (Fsp3) is 0.607. The van der Waals surface area contributed by atoms with Gasteiger partial charge in [-0.2, -0.15) is 0 Å². The van der Waals surface area contributed by atoms with E-state index in [1.807, 2.05) is 0 Å². The maximum Gasteiger partial charge on any atom is 0.302 e. The molecule has 3 unspecified atom stereocenters. The molecular weight excluding hydrogens is 416 g/mol. The summed E-state index contributed by atoms with van der Waals surface area (Å²) >= 11 is 0. The zero-order chi connectivity index (χ0) is 23.9. The van der Waals surface area contributed by atoms with E-state index in [1.54, 1.807) is 7.11 Å². The van der Waals surface area contributed by atoms with E-state index in [2.05, 4.69) is 63.3 Å². The van der Waals surface area contributed by atoms with Crippen LogP contribution in [-0.4, -0.2) is 39.5 Å². The Hall–Kier alpha value is -2.27. The summed E-state index contributed by atoms with van der Waals surface area (Å²) in [5.74, 6) is 2.53. The second kappa shape index (κ2) is 11.2. The smallest absolute Gasteiger partial charge is 0.302 e. The van der Waals surface area contributed by atoms with E-state index in [9.17, 15) is 4.79 Å². The lowest BCUT2D eigenvalue weighted by Crippen LogP contribution is -2.45. The molecule has 0 amide bonds. The molecule has 2 aliphatic rings. The standard InChI is InChI=1S/C28H40O5/c1-21-18-27(3,4)20-28(19-21,23-6-10-25(11-7-23)32-15-14-30-5)24-8-12-26(13-9-24)33-17-16-31-22(2)29/h6-8,10-13,21,24H,9,14-20H2,1-5H3. The van der Waals surface area contributed by atoms with Crippen LogP contribution in [0.15, 0.2) is 48.3 Å². The van der Waals surface area contributed by atoms with Crippen molar-refractivity contribution in [2.75, 3.05) is 33.5 Å². The molecule has 0 aromatic heterocycles. The van der Waals surface area contributed by atoms with Gasteiger partial charge < -0.3 is 18.9 Å². The molecule has 5 heteroatoms. The van der Waals surface area contributed by atoms with Gasteiger partial charge in [0.15, 0.2) is 0 Å². The van der Waals surface area contributed by atoms with Crippen molar-refractivity contribution in [1.29, 1.82) is 0 Å². The Kier molecular flexibility index (Phi) is 8.63. The predicted molar refractivity (Wildman–Crippen MR) is 130 cm³/mol. The molecule has 1 fully saturated rings. The molecule has 33 heavy (non-hydrogen) atoms. The van der Waals surface area contributed by atoms with Gasteiger partial charge in [-0.05, 0) is 72.8 Å². The lowest BCUT2D eigenvalue weighted by atomic mass is 9.52. The van der Waals surface area contributed by atoms with Crippen LogP contribution >= 0.6 is 0 Å². The number of carbonyl (C=O) groups is 1. The Balaban J connectivity index is 1.77. The van der Waals surface area contributed by atoms with Gasteiger partial charge in [-0.1, -0.05) is 39.0 Å². The van der Waals surface area contributed by atoms with Crippen LogP contribution in [0.25, 0.3) is 0 Å². The van der Waals surface area contributed by atoms with Crippen LogP contribution in [0.4, 0.5) is 0 Å². The van der Waals surface area contributed by atoms with Crippen LogP contribution in [0.1, 0.15) is 58.9 Å².